The summed E-state index contributed by atoms with van der Waals surface area (Å²) in [6, 6.07) is 13.9. The van der Waals surface area contributed by atoms with Gasteiger partial charge in [0.05, 0.1) is 0 Å². The molecule has 0 fully saturated rings. The molecule has 0 heterocycles. The Kier molecular flexibility index (Phi) is 8.93. The van der Waals surface area contributed by atoms with Crippen LogP contribution in [0.25, 0.3) is 10.8 Å². The number of amides is 1. The molecule has 0 aliphatic heterocycles. The average Bonchev–Trinajstić information content (AvgIpc) is 2.64. The first kappa shape index (κ1) is 24.7. The zero-order valence-corrected chi connectivity index (χ0v) is 19.2. The minimum atomic E-state index is -0.496. The van der Waals surface area contributed by atoms with E-state index in [9.17, 15) is 14.4 Å². The molecular formula is C26H36N2O3. The van der Waals surface area contributed by atoms with Crippen LogP contribution in [-0.2, 0) is 20.8 Å². The highest BCUT2D eigenvalue weighted by Crippen LogP contribution is 2.21. The predicted octanol–water partition coefficient (Wildman–Crippen LogP) is 4.35. The summed E-state index contributed by atoms with van der Waals surface area (Å²) in [6.07, 6.45) is 2.16. The van der Waals surface area contributed by atoms with Crippen LogP contribution in [0.15, 0.2) is 42.5 Å². The second-order valence-electron chi connectivity index (χ2n) is 9.70. The lowest BCUT2D eigenvalue weighted by molar-refractivity contribution is -0.123. The number of Topliss-reactive ketones (excluding diaryl/α,β-unsaturated/α-hetero) is 2. The van der Waals surface area contributed by atoms with Crippen molar-refractivity contribution in [1.29, 1.82) is 0 Å². The SMILES string of the molecule is C[C@@H](CC(=O)CCc1cccc2ccccc12)CC(=O)C[C@@H](N)CC(=O)NC(C)(C)C. The van der Waals surface area contributed by atoms with Gasteiger partial charge < -0.3 is 11.1 Å². The van der Waals surface area contributed by atoms with Gasteiger partial charge in [0, 0.05) is 43.7 Å². The number of nitrogens with two attached hydrogens (primary N) is 1. The topological polar surface area (TPSA) is 89.3 Å². The molecule has 0 aliphatic carbocycles. The van der Waals surface area contributed by atoms with Crippen molar-refractivity contribution >= 4 is 28.2 Å². The third kappa shape index (κ3) is 9.01. The van der Waals surface area contributed by atoms with Gasteiger partial charge in [-0.15, -0.1) is 0 Å². The maximum atomic E-state index is 12.5. The van der Waals surface area contributed by atoms with Gasteiger partial charge in [-0.2, -0.15) is 0 Å². The van der Waals surface area contributed by atoms with Gasteiger partial charge in [-0.1, -0.05) is 49.4 Å². The van der Waals surface area contributed by atoms with Gasteiger partial charge in [-0.05, 0) is 49.4 Å². The van der Waals surface area contributed by atoms with E-state index in [0.717, 1.165) is 0 Å². The maximum absolute atomic E-state index is 12.5. The largest absolute Gasteiger partial charge is 0.351 e. The van der Waals surface area contributed by atoms with E-state index in [1.807, 2.05) is 45.9 Å². The van der Waals surface area contributed by atoms with Gasteiger partial charge in [-0.3, -0.25) is 14.4 Å². The van der Waals surface area contributed by atoms with E-state index in [1.165, 1.54) is 16.3 Å². The van der Waals surface area contributed by atoms with Crippen molar-refractivity contribution in [3.05, 3.63) is 48.0 Å². The minimum Gasteiger partial charge on any atom is -0.351 e. The lowest BCUT2D eigenvalue weighted by Crippen LogP contribution is -2.43. The monoisotopic (exact) mass is 424 g/mol. The first-order valence-electron chi connectivity index (χ1n) is 11.1. The third-order valence-electron chi connectivity index (χ3n) is 5.16. The Morgan fingerprint density at radius 3 is 2.26 bits per heavy atom. The zero-order chi connectivity index (χ0) is 23.0. The number of aryl methyl sites for hydroxylation is 1. The van der Waals surface area contributed by atoms with Gasteiger partial charge in [0.2, 0.25) is 5.91 Å². The van der Waals surface area contributed by atoms with Crippen LogP contribution < -0.4 is 11.1 Å². The van der Waals surface area contributed by atoms with E-state index in [1.54, 1.807) is 0 Å². The highest BCUT2D eigenvalue weighted by Gasteiger charge is 2.20. The normalized spacial score (nSPS) is 13.6. The number of fused-ring (bicyclic) bond motifs is 1. The molecule has 0 unspecified atom stereocenters. The molecule has 5 nitrogen and oxygen atoms in total. The summed E-state index contributed by atoms with van der Waals surface area (Å²) in [5.41, 5.74) is 6.84. The van der Waals surface area contributed by atoms with E-state index in [4.69, 9.17) is 5.73 Å². The molecule has 2 atom stereocenters. The van der Waals surface area contributed by atoms with E-state index >= 15 is 0 Å². The molecule has 0 radical (unpaired) electrons. The van der Waals surface area contributed by atoms with Crippen molar-refractivity contribution in [3.8, 4) is 0 Å². The van der Waals surface area contributed by atoms with Crippen LogP contribution in [0.3, 0.4) is 0 Å². The Morgan fingerprint density at radius 1 is 0.903 bits per heavy atom. The maximum Gasteiger partial charge on any atom is 0.221 e. The zero-order valence-electron chi connectivity index (χ0n) is 19.2. The summed E-state index contributed by atoms with van der Waals surface area (Å²) >= 11 is 0. The van der Waals surface area contributed by atoms with Crippen LogP contribution in [-0.4, -0.2) is 29.1 Å². The molecule has 0 bridgehead atoms. The van der Waals surface area contributed by atoms with Crippen LogP contribution in [0.2, 0.25) is 0 Å². The van der Waals surface area contributed by atoms with Crippen molar-refractivity contribution in [2.45, 2.75) is 77.8 Å². The molecule has 5 heteroatoms. The molecule has 168 valence electrons. The van der Waals surface area contributed by atoms with Gasteiger partial charge in [0.1, 0.15) is 11.6 Å². The van der Waals surface area contributed by atoms with E-state index in [2.05, 4.69) is 29.6 Å². The molecule has 0 spiro atoms. The van der Waals surface area contributed by atoms with Crippen molar-refractivity contribution in [2.24, 2.45) is 11.7 Å². The molecule has 0 saturated heterocycles. The lowest BCUT2D eigenvalue weighted by atomic mass is 9.92. The summed E-state index contributed by atoms with van der Waals surface area (Å²) in [5, 5.41) is 5.22. The second-order valence-corrected chi connectivity index (χ2v) is 9.70. The standard InChI is InChI=1S/C26H36N2O3/c1-18(15-23(30)16-21(27)17-25(31)28-26(2,3)4)14-22(29)13-12-20-10-7-9-19-8-5-6-11-24(19)20/h5-11,18,21H,12-17,27H2,1-4H3,(H,28,31)/t18-,21+/m0/s1. The lowest BCUT2D eigenvalue weighted by Gasteiger charge is -2.21. The highest BCUT2D eigenvalue weighted by molar-refractivity contribution is 5.87. The van der Waals surface area contributed by atoms with E-state index in [-0.39, 0.29) is 41.8 Å². The number of nitrogens with one attached hydrogen (secondary N) is 1. The summed E-state index contributed by atoms with van der Waals surface area (Å²) in [6.45, 7) is 7.63. The van der Waals surface area contributed by atoms with Crippen LogP contribution in [0.4, 0.5) is 0 Å². The molecule has 2 aromatic rings. The van der Waals surface area contributed by atoms with Crippen molar-refractivity contribution in [1.82, 2.24) is 5.32 Å². The fourth-order valence-electron chi connectivity index (χ4n) is 3.89. The molecule has 3 N–H and O–H groups in total. The van der Waals surface area contributed by atoms with Crippen LogP contribution in [0, 0.1) is 5.92 Å². The Balaban J connectivity index is 1.74. The fraction of sp³-hybridized carbons (Fsp3) is 0.500. The number of carbonyl (C=O) groups excluding carboxylic acids is 3. The highest BCUT2D eigenvalue weighted by atomic mass is 16.2. The molecular weight excluding hydrogens is 388 g/mol. The van der Waals surface area contributed by atoms with Crippen molar-refractivity contribution in [2.75, 3.05) is 0 Å². The molecule has 2 rings (SSSR count). The van der Waals surface area contributed by atoms with Crippen molar-refractivity contribution < 1.29 is 14.4 Å². The van der Waals surface area contributed by atoms with Crippen molar-refractivity contribution in [3.63, 3.8) is 0 Å². The number of hydrogen-bond acceptors (Lipinski definition) is 4. The first-order chi connectivity index (χ1) is 14.5. The van der Waals surface area contributed by atoms with E-state index < -0.39 is 6.04 Å². The Morgan fingerprint density at radius 2 is 1.55 bits per heavy atom. The molecule has 31 heavy (non-hydrogen) atoms. The summed E-state index contributed by atoms with van der Waals surface area (Å²) in [4.78, 5) is 36.7. The van der Waals surface area contributed by atoms with E-state index in [0.29, 0.717) is 25.7 Å². The van der Waals surface area contributed by atoms with Gasteiger partial charge in [0.15, 0.2) is 0 Å². The molecule has 2 aromatic carbocycles. The Labute approximate surface area is 185 Å². The van der Waals surface area contributed by atoms with Gasteiger partial charge >= 0.3 is 0 Å². The summed E-state index contributed by atoms with van der Waals surface area (Å²) in [7, 11) is 0. The first-order valence-corrected chi connectivity index (χ1v) is 11.1. The number of benzene rings is 2. The molecule has 0 saturated carbocycles. The molecule has 0 aromatic heterocycles. The minimum absolute atomic E-state index is 0.00501. The van der Waals surface area contributed by atoms with Gasteiger partial charge in [0.25, 0.3) is 0 Å². The summed E-state index contributed by atoms with van der Waals surface area (Å²) in [5.74, 6) is 0.0000750. The third-order valence-corrected chi connectivity index (χ3v) is 5.16. The number of hydrogen-bond donors (Lipinski definition) is 2. The number of ketones is 2. The summed E-state index contributed by atoms with van der Waals surface area (Å²) < 4.78 is 0. The quantitative estimate of drug-likeness (QED) is 0.561. The Hall–Kier alpha value is -2.53. The second kappa shape index (κ2) is 11.2. The molecule has 0 aliphatic rings. The Bertz CT molecular complexity index is 909. The molecule has 1 amide bonds. The number of rotatable bonds is 11. The fourth-order valence-corrected chi connectivity index (χ4v) is 3.89. The average molecular weight is 425 g/mol. The van der Waals surface area contributed by atoms with Crippen LogP contribution in [0.1, 0.15) is 65.4 Å². The number of carbonyl (C=O) groups is 3. The van der Waals surface area contributed by atoms with Crippen LogP contribution >= 0.6 is 0 Å². The predicted molar refractivity (Wildman–Crippen MR) is 126 cm³/mol. The smallest absolute Gasteiger partial charge is 0.221 e. The van der Waals surface area contributed by atoms with Crippen LogP contribution in [0.5, 0.6) is 0 Å². The van der Waals surface area contributed by atoms with Gasteiger partial charge in [-0.25, -0.2) is 0 Å².